The first-order valence-electron chi connectivity index (χ1n) is 13.2. The van der Waals surface area contributed by atoms with Crippen molar-refractivity contribution in [2.45, 2.75) is 123 Å². The molecule has 0 aromatic rings. The first-order chi connectivity index (χ1) is 14.1. The van der Waals surface area contributed by atoms with Crippen molar-refractivity contribution in [2.75, 3.05) is 0 Å². The summed E-state index contributed by atoms with van der Waals surface area (Å²) in [6.45, 7) is 12.2. The first-order valence-corrected chi connectivity index (χ1v) is 13.2. The molecule has 172 valence electrons. The first kappa shape index (κ1) is 21.7. The fourth-order valence-corrected chi connectivity index (χ4v) is 9.78. The third kappa shape index (κ3) is 2.80. The number of ether oxygens (including phenoxy) is 1. The summed E-state index contributed by atoms with van der Waals surface area (Å²) < 4.78 is 6.21. The van der Waals surface area contributed by atoms with Crippen molar-refractivity contribution in [1.29, 1.82) is 0 Å². The Balaban J connectivity index is 1.35. The number of aliphatic hydroxyl groups excluding tert-OH is 2. The summed E-state index contributed by atoms with van der Waals surface area (Å²) in [7, 11) is 0. The molecular formula is C27H46O3. The van der Waals surface area contributed by atoms with Gasteiger partial charge in [-0.15, -0.1) is 0 Å². The van der Waals surface area contributed by atoms with Crippen molar-refractivity contribution in [3.8, 4) is 0 Å². The Kier molecular flexibility index (Phi) is 5.20. The van der Waals surface area contributed by atoms with Crippen LogP contribution in [-0.4, -0.2) is 34.1 Å². The molecular weight excluding hydrogens is 372 g/mol. The molecule has 3 heteroatoms. The van der Waals surface area contributed by atoms with E-state index in [1.165, 1.54) is 44.9 Å². The van der Waals surface area contributed by atoms with Gasteiger partial charge in [-0.05, 0) is 85.9 Å². The molecule has 5 aliphatic rings. The van der Waals surface area contributed by atoms with Crippen LogP contribution in [0.25, 0.3) is 0 Å². The van der Waals surface area contributed by atoms with Crippen LogP contribution in [0.4, 0.5) is 0 Å². The van der Waals surface area contributed by atoms with E-state index in [0.717, 1.165) is 42.9 Å². The number of fused-ring (bicyclic) bond motifs is 4. The molecule has 30 heavy (non-hydrogen) atoms. The SMILES string of the molecule is CC(C)CCC[C@@H](C)[C@H]1CC[C@H]2[C@@H]3C[C@@H](O)[C@@]45O[C@@H]4[C@@H](O)CC[C@]5(C)[C@H]3CC[C@]12C. The quantitative estimate of drug-likeness (QED) is 0.574. The summed E-state index contributed by atoms with van der Waals surface area (Å²) in [5, 5.41) is 21.8. The highest BCUT2D eigenvalue weighted by molar-refractivity contribution is 5.27. The smallest absolute Gasteiger partial charge is 0.129 e. The molecule has 4 saturated carbocycles. The minimum Gasteiger partial charge on any atom is -0.390 e. The van der Waals surface area contributed by atoms with Gasteiger partial charge in [-0.25, -0.2) is 0 Å². The molecule has 1 spiro atoms. The molecule has 1 saturated heterocycles. The normalized spacial score (nSPS) is 55.4. The lowest BCUT2D eigenvalue weighted by atomic mass is 9.43. The van der Waals surface area contributed by atoms with Crippen LogP contribution in [0.2, 0.25) is 0 Å². The molecule has 0 radical (unpaired) electrons. The predicted molar refractivity (Wildman–Crippen MR) is 120 cm³/mol. The zero-order valence-corrected chi connectivity index (χ0v) is 20.1. The second kappa shape index (κ2) is 7.19. The summed E-state index contributed by atoms with van der Waals surface area (Å²) in [5.74, 6) is 4.57. The topological polar surface area (TPSA) is 53.0 Å². The molecule has 11 atom stereocenters. The lowest BCUT2D eigenvalue weighted by Crippen LogP contribution is -2.63. The molecule has 0 bridgehead atoms. The molecule has 0 unspecified atom stereocenters. The van der Waals surface area contributed by atoms with Crippen LogP contribution < -0.4 is 0 Å². The summed E-state index contributed by atoms with van der Waals surface area (Å²) in [6.07, 6.45) is 11.4. The van der Waals surface area contributed by atoms with Crippen molar-refractivity contribution in [1.82, 2.24) is 0 Å². The third-order valence-corrected chi connectivity index (χ3v) is 11.3. The Labute approximate surface area is 184 Å². The number of rotatable bonds is 5. The van der Waals surface area contributed by atoms with E-state index < -0.39 is 11.7 Å². The standard InChI is InChI=1S/C27H46O3/c1-16(2)7-6-8-17(3)19-9-10-20-18-15-23(29)27-24(30-27)22(28)12-14-26(27,5)21(18)11-13-25(19,20)4/h16-24,28-29H,6-15H2,1-5H3/t17-,18+,19-,20+,21+,22+,23-,24-,25-,26-,27-/m1/s1. The van der Waals surface area contributed by atoms with Gasteiger partial charge in [0, 0.05) is 5.41 Å². The molecule has 0 aromatic heterocycles. The molecule has 5 fully saturated rings. The Morgan fingerprint density at radius 1 is 0.933 bits per heavy atom. The molecule has 5 rings (SSSR count). The van der Waals surface area contributed by atoms with Gasteiger partial charge in [-0.1, -0.05) is 53.9 Å². The lowest BCUT2D eigenvalue weighted by molar-refractivity contribution is -0.165. The van der Waals surface area contributed by atoms with Crippen LogP contribution >= 0.6 is 0 Å². The van der Waals surface area contributed by atoms with Crippen LogP contribution in [0.1, 0.15) is 98.8 Å². The van der Waals surface area contributed by atoms with E-state index in [-0.39, 0.29) is 17.6 Å². The zero-order chi connectivity index (χ0) is 21.5. The molecule has 1 aliphatic heterocycles. The van der Waals surface area contributed by atoms with Crippen molar-refractivity contribution in [3.63, 3.8) is 0 Å². The van der Waals surface area contributed by atoms with Gasteiger partial charge in [0.1, 0.15) is 11.7 Å². The number of hydrogen-bond acceptors (Lipinski definition) is 3. The molecule has 1 heterocycles. The highest BCUT2D eigenvalue weighted by Crippen LogP contribution is 2.73. The van der Waals surface area contributed by atoms with Gasteiger partial charge in [0.25, 0.3) is 0 Å². The van der Waals surface area contributed by atoms with E-state index in [4.69, 9.17) is 4.74 Å². The maximum Gasteiger partial charge on any atom is 0.129 e. The van der Waals surface area contributed by atoms with E-state index in [2.05, 4.69) is 34.6 Å². The average Bonchev–Trinajstić information content (AvgIpc) is 3.36. The van der Waals surface area contributed by atoms with Gasteiger partial charge in [-0.2, -0.15) is 0 Å². The Morgan fingerprint density at radius 3 is 2.43 bits per heavy atom. The Morgan fingerprint density at radius 2 is 1.70 bits per heavy atom. The molecule has 3 nitrogen and oxygen atoms in total. The zero-order valence-electron chi connectivity index (χ0n) is 20.1. The Hall–Kier alpha value is -0.120. The van der Waals surface area contributed by atoms with Crippen molar-refractivity contribution < 1.29 is 14.9 Å². The minimum atomic E-state index is -0.443. The number of hydrogen-bond donors (Lipinski definition) is 2. The highest BCUT2D eigenvalue weighted by atomic mass is 16.6. The van der Waals surface area contributed by atoms with Crippen LogP contribution in [-0.2, 0) is 4.74 Å². The molecule has 2 N–H and O–H groups in total. The van der Waals surface area contributed by atoms with Crippen LogP contribution in [0.3, 0.4) is 0 Å². The van der Waals surface area contributed by atoms with Crippen LogP contribution in [0.15, 0.2) is 0 Å². The minimum absolute atomic E-state index is 0.0432. The average molecular weight is 419 g/mol. The van der Waals surface area contributed by atoms with Crippen LogP contribution in [0.5, 0.6) is 0 Å². The van der Waals surface area contributed by atoms with E-state index in [1.54, 1.807) is 0 Å². The number of epoxide rings is 1. The maximum absolute atomic E-state index is 11.3. The van der Waals surface area contributed by atoms with E-state index in [0.29, 0.717) is 17.3 Å². The van der Waals surface area contributed by atoms with Gasteiger partial charge in [-0.3, -0.25) is 0 Å². The van der Waals surface area contributed by atoms with Gasteiger partial charge in [0.05, 0.1) is 12.2 Å². The summed E-state index contributed by atoms with van der Waals surface area (Å²) >= 11 is 0. The molecule has 4 aliphatic carbocycles. The number of aliphatic hydroxyl groups is 2. The van der Waals surface area contributed by atoms with Gasteiger partial charge in [0.2, 0.25) is 0 Å². The third-order valence-electron chi connectivity index (χ3n) is 11.3. The largest absolute Gasteiger partial charge is 0.390 e. The fourth-order valence-electron chi connectivity index (χ4n) is 9.78. The van der Waals surface area contributed by atoms with Gasteiger partial charge in [0.15, 0.2) is 0 Å². The lowest BCUT2D eigenvalue weighted by Gasteiger charge is -2.61. The second-order valence-electron chi connectivity index (χ2n) is 13.0. The van der Waals surface area contributed by atoms with Gasteiger partial charge < -0.3 is 14.9 Å². The van der Waals surface area contributed by atoms with E-state index in [1.807, 2.05) is 0 Å². The molecule has 0 amide bonds. The van der Waals surface area contributed by atoms with E-state index >= 15 is 0 Å². The summed E-state index contributed by atoms with van der Waals surface area (Å²) in [4.78, 5) is 0. The fraction of sp³-hybridized carbons (Fsp3) is 1.00. The van der Waals surface area contributed by atoms with Crippen molar-refractivity contribution in [3.05, 3.63) is 0 Å². The van der Waals surface area contributed by atoms with E-state index in [9.17, 15) is 10.2 Å². The summed E-state index contributed by atoms with van der Waals surface area (Å²) in [5.41, 5.74) is 0.0558. The predicted octanol–water partition coefficient (Wildman–Crippen LogP) is 5.57. The highest BCUT2D eigenvalue weighted by Gasteiger charge is 2.79. The van der Waals surface area contributed by atoms with Crippen LogP contribution in [0, 0.1) is 46.3 Å². The van der Waals surface area contributed by atoms with Crippen molar-refractivity contribution in [2.24, 2.45) is 46.3 Å². The summed E-state index contributed by atoms with van der Waals surface area (Å²) in [6, 6.07) is 0. The maximum atomic E-state index is 11.3. The monoisotopic (exact) mass is 418 g/mol. The van der Waals surface area contributed by atoms with Gasteiger partial charge >= 0.3 is 0 Å². The molecule has 0 aromatic carbocycles. The second-order valence-corrected chi connectivity index (χ2v) is 13.0. The Bertz CT molecular complexity index is 662. The van der Waals surface area contributed by atoms with Crippen molar-refractivity contribution >= 4 is 0 Å².